The first-order valence-corrected chi connectivity index (χ1v) is 8.22. The van der Waals surface area contributed by atoms with E-state index in [1.807, 2.05) is 0 Å². The largest absolute Gasteiger partial charge is 0.314 e. The standard InChI is InChI=1S/C14H29NS/c1-4-12(3)10-14(15-5-2)11-13-6-8-16-9-7-13/h12-15H,4-11H2,1-3H3. The monoisotopic (exact) mass is 243 g/mol. The van der Waals surface area contributed by atoms with Gasteiger partial charge in [-0.15, -0.1) is 0 Å². The van der Waals surface area contributed by atoms with Crippen molar-refractivity contribution >= 4 is 11.8 Å². The van der Waals surface area contributed by atoms with Crippen LogP contribution in [0.25, 0.3) is 0 Å². The van der Waals surface area contributed by atoms with Gasteiger partial charge in [-0.25, -0.2) is 0 Å². The van der Waals surface area contributed by atoms with Gasteiger partial charge in [0, 0.05) is 6.04 Å². The average Bonchev–Trinajstić information content (AvgIpc) is 2.30. The zero-order valence-electron chi connectivity index (χ0n) is 11.3. The van der Waals surface area contributed by atoms with Gasteiger partial charge in [0.1, 0.15) is 0 Å². The van der Waals surface area contributed by atoms with Crippen LogP contribution < -0.4 is 5.32 Å². The summed E-state index contributed by atoms with van der Waals surface area (Å²) < 4.78 is 0. The van der Waals surface area contributed by atoms with E-state index in [-0.39, 0.29) is 0 Å². The molecule has 0 bridgehead atoms. The lowest BCUT2D eigenvalue weighted by molar-refractivity contribution is 0.319. The first kappa shape index (κ1) is 14.4. The summed E-state index contributed by atoms with van der Waals surface area (Å²) in [6.45, 7) is 8.06. The molecule has 1 rings (SSSR count). The van der Waals surface area contributed by atoms with Gasteiger partial charge in [-0.1, -0.05) is 27.2 Å². The molecule has 2 heteroatoms. The van der Waals surface area contributed by atoms with E-state index in [1.165, 1.54) is 43.6 Å². The minimum atomic E-state index is 0.771. The zero-order valence-corrected chi connectivity index (χ0v) is 12.1. The third-order valence-corrected chi connectivity index (χ3v) is 4.88. The fourth-order valence-electron chi connectivity index (χ4n) is 2.59. The highest BCUT2D eigenvalue weighted by atomic mass is 32.2. The molecule has 1 aliphatic heterocycles. The fraction of sp³-hybridized carbons (Fsp3) is 1.00. The molecule has 96 valence electrons. The van der Waals surface area contributed by atoms with Crippen LogP contribution in [0.5, 0.6) is 0 Å². The Morgan fingerprint density at radius 3 is 2.50 bits per heavy atom. The second-order valence-electron chi connectivity index (χ2n) is 5.30. The van der Waals surface area contributed by atoms with Crippen LogP contribution in [0.15, 0.2) is 0 Å². The van der Waals surface area contributed by atoms with Crippen LogP contribution in [0, 0.1) is 11.8 Å². The van der Waals surface area contributed by atoms with Gasteiger partial charge in [0.25, 0.3) is 0 Å². The van der Waals surface area contributed by atoms with E-state index in [4.69, 9.17) is 0 Å². The van der Waals surface area contributed by atoms with Crippen LogP contribution in [0.2, 0.25) is 0 Å². The first-order chi connectivity index (χ1) is 7.76. The van der Waals surface area contributed by atoms with Crippen molar-refractivity contribution in [3.8, 4) is 0 Å². The molecule has 1 saturated heterocycles. The van der Waals surface area contributed by atoms with Gasteiger partial charge in [0.2, 0.25) is 0 Å². The predicted octanol–water partition coefficient (Wildman–Crippen LogP) is 3.93. The van der Waals surface area contributed by atoms with Crippen molar-refractivity contribution in [1.82, 2.24) is 5.32 Å². The van der Waals surface area contributed by atoms with E-state index in [0.717, 1.165) is 24.4 Å². The molecular weight excluding hydrogens is 214 g/mol. The van der Waals surface area contributed by atoms with Gasteiger partial charge in [-0.2, -0.15) is 11.8 Å². The van der Waals surface area contributed by atoms with E-state index in [1.54, 1.807) is 0 Å². The third kappa shape index (κ3) is 5.58. The van der Waals surface area contributed by atoms with E-state index in [9.17, 15) is 0 Å². The Balaban J connectivity index is 2.30. The van der Waals surface area contributed by atoms with E-state index < -0.39 is 0 Å². The number of rotatable bonds is 7. The van der Waals surface area contributed by atoms with E-state index >= 15 is 0 Å². The molecular formula is C14H29NS. The Morgan fingerprint density at radius 1 is 1.25 bits per heavy atom. The van der Waals surface area contributed by atoms with Gasteiger partial charge in [-0.3, -0.25) is 0 Å². The summed E-state index contributed by atoms with van der Waals surface area (Å²) in [6.07, 6.45) is 7.01. The molecule has 1 nitrogen and oxygen atoms in total. The Kier molecular flexibility index (Phi) is 7.55. The normalized spacial score (nSPS) is 21.9. The Morgan fingerprint density at radius 2 is 1.94 bits per heavy atom. The maximum absolute atomic E-state index is 3.69. The minimum absolute atomic E-state index is 0.771. The molecule has 0 aliphatic carbocycles. The zero-order chi connectivity index (χ0) is 11.8. The Bertz CT molecular complexity index is 166. The highest BCUT2D eigenvalue weighted by Crippen LogP contribution is 2.28. The first-order valence-electron chi connectivity index (χ1n) is 7.07. The summed E-state index contributed by atoms with van der Waals surface area (Å²) in [5.74, 6) is 4.66. The van der Waals surface area contributed by atoms with Crippen molar-refractivity contribution in [3.63, 3.8) is 0 Å². The van der Waals surface area contributed by atoms with Crippen molar-refractivity contribution in [3.05, 3.63) is 0 Å². The molecule has 0 radical (unpaired) electrons. The molecule has 0 aromatic heterocycles. The molecule has 0 saturated carbocycles. The molecule has 2 atom stereocenters. The lowest BCUT2D eigenvalue weighted by Gasteiger charge is -2.28. The van der Waals surface area contributed by atoms with E-state index in [2.05, 4.69) is 37.8 Å². The SMILES string of the molecule is CCNC(CC(C)CC)CC1CCSCC1. The molecule has 16 heavy (non-hydrogen) atoms. The van der Waals surface area contributed by atoms with Crippen molar-refractivity contribution in [2.75, 3.05) is 18.1 Å². The summed E-state index contributed by atoms with van der Waals surface area (Å²) >= 11 is 2.14. The lowest BCUT2D eigenvalue weighted by atomic mass is 9.89. The van der Waals surface area contributed by atoms with Crippen LogP contribution in [0.3, 0.4) is 0 Å². The van der Waals surface area contributed by atoms with Crippen LogP contribution in [-0.4, -0.2) is 24.1 Å². The van der Waals surface area contributed by atoms with Crippen LogP contribution in [-0.2, 0) is 0 Å². The second-order valence-corrected chi connectivity index (χ2v) is 6.52. The third-order valence-electron chi connectivity index (χ3n) is 3.84. The quantitative estimate of drug-likeness (QED) is 0.727. The van der Waals surface area contributed by atoms with Crippen LogP contribution in [0.1, 0.15) is 52.9 Å². The van der Waals surface area contributed by atoms with Gasteiger partial charge in [0.15, 0.2) is 0 Å². The molecule has 1 N–H and O–H groups in total. The maximum Gasteiger partial charge on any atom is 0.00721 e. The van der Waals surface area contributed by atoms with Crippen molar-refractivity contribution in [2.45, 2.75) is 58.9 Å². The van der Waals surface area contributed by atoms with Crippen molar-refractivity contribution < 1.29 is 0 Å². The lowest BCUT2D eigenvalue weighted by Crippen LogP contribution is -2.33. The molecule has 0 aromatic rings. The van der Waals surface area contributed by atoms with E-state index in [0.29, 0.717) is 0 Å². The smallest absolute Gasteiger partial charge is 0.00721 e. The van der Waals surface area contributed by atoms with Gasteiger partial charge in [-0.05, 0) is 55.6 Å². The fourth-order valence-corrected chi connectivity index (χ4v) is 3.79. The summed E-state index contributed by atoms with van der Waals surface area (Å²) in [4.78, 5) is 0. The molecule has 0 amide bonds. The van der Waals surface area contributed by atoms with Gasteiger partial charge in [0.05, 0.1) is 0 Å². The summed E-state index contributed by atoms with van der Waals surface area (Å²) in [5.41, 5.74) is 0. The molecule has 0 aromatic carbocycles. The molecule has 0 spiro atoms. The Labute approximate surface area is 106 Å². The minimum Gasteiger partial charge on any atom is -0.314 e. The maximum atomic E-state index is 3.69. The molecule has 2 unspecified atom stereocenters. The van der Waals surface area contributed by atoms with Gasteiger partial charge < -0.3 is 5.32 Å². The molecule has 1 heterocycles. The highest BCUT2D eigenvalue weighted by molar-refractivity contribution is 7.99. The number of hydrogen-bond donors (Lipinski definition) is 1. The predicted molar refractivity (Wildman–Crippen MR) is 76.2 cm³/mol. The number of nitrogens with one attached hydrogen (secondary N) is 1. The summed E-state index contributed by atoms with van der Waals surface area (Å²) in [5, 5.41) is 3.69. The Hall–Kier alpha value is 0.310. The summed E-state index contributed by atoms with van der Waals surface area (Å²) in [6, 6.07) is 0.771. The van der Waals surface area contributed by atoms with Crippen molar-refractivity contribution in [2.24, 2.45) is 11.8 Å². The van der Waals surface area contributed by atoms with Crippen LogP contribution in [0.4, 0.5) is 0 Å². The number of hydrogen-bond acceptors (Lipinski definition) is 2. The van der Waals surface area contributed by atoms with Crippen LogP contribution >= 0.6 is 11.8 Å². The number of thioether (sulfide) groups is 1. The molecule has 1 aliphatic rings. The van der Waals surface area contributed by atoms with Crippen molar-refractivity contribution in [1.29, 1.82) is 0 Å². The second kappa shape index (κ2) is 8.41. The van der Waals surface area contributed by atoms with Gasteiger partial charge >= 0.3 is 0 Å². The average molecular weight is 243 g/mol. The highest BCUT2D eigenvalue weighted by Gasteiger charge is 2.19. The summed E-state index contributed by atoms with van der Waals surface area (Å²) in [7, 11) is 0. The topological polar surface area (TPSA) is 12.0 Å². The molecule has 1 fully saturated rings.